The van der Waals surface area contributed by atoms with Gasteiger partial charge in [0.05, 0.1) is 27.8 Å². The van der Waals surface area contributed by atoms with Crippen LogP contribution in [0.5, 0.6) is 0 Å². The Kier molecular flexibility index (Phi) is 5.47. The Morgan fingerprint density at radius 2 is 1.07 bits per heavy atom. The van der Waals surface area contributed by atoms with E-state index in [-0.39, 0.29) is 0 Å². The maximum Gasteiger partial charge on any atom is 0.0736 e. The van der Waals surface area contributed by atoms with Crippen molar-refractivity contribution in [1.29, 1.82) is 0 Å². The molecule has 0 aliphatic heterocycles. The topological polar surface area (TPSA) is 35.6 Å². The van der Waals surface area contributed by atoms with Crippen LogP contribution in [0.25, 0.3) is 77.4 Å². The number of fused-ring (bicyclic) bond motifs is 6. The molecule has 4 heteroatoms. The molecule has 0 unspecified atom stereocenters. The average Bonchev–Trinajstić information content (AvgIpc) is 3.61. The van der Waals surface area contributed by atoms with Gasteiger partial charge in [-0.2, -0.15) is 0 Å². The van der Waals surface area contributed by atoms with Crippen LogP contribution >= 0.6 is 0 Å². The zero-order valence-corrected chi connectivity index (χ0v) is 23.8. The molecular formula is C40H26N4. The molecule has 4 aromatic heterocycles. The van der Waals surface area contributed by atoms with Gasteiger partial charge >= 0.3 is 0 Å². The number of pyridine rings is 2. The number of nitrogens with zero attached hydrogens (tertiary/aromatic N) is 4. The molecule has 4 nitrogen and oxygen atoms in total. The van der Waals surface area contributed by atoms with Gasteiger partial charge in [-0.1, -0.05) is 91.0 Å². The second-order valence-corrected chi connectivity index (χ2v) is 11.1. The van der Waals surface area contributed by atoms with Crippen molar-refractivity contribution < 1.29 is 0 Å². The van der Waals surface area contributed by atoms with Crippen LogP contribution in [-0.4, -0.2) is 19.1 Å². The average molecular weight is 563 g/mol. The fourth-order valence-corrected chi connectivity index (χ4v) is 6.79. The highest BCUT2D eigenvalue weighted by Crippen LogP contribution is 2.44. The van der Waals surface area contributed by atoms with Crippen LogP contribution in [0.1, 0.15) is 0 Å². The van der Waals surface area contributed by atoms with E-state index in [4.69, 9.17) is 4.98 Å². The van der Waals surface area contributed by atoms with Crippen molar-refractivity contribution in [3.05, 3.63) is 158 Å². The summed E-state index contributed by atoms with van der Waals surface area (Å²) in [6, 6.07) is 49.4. The third-order valence-corrected chi connectivity index (χ3v) is 8.66. The fourth-order valence-electron chi connectivity index (χ4n) is 6.79. The van der Waals surface area contributed by atoms with E-state index in [0.29, 0.717) is 0 Å². The molecular weight excluding hydrogens is 536 g/mol. The smallest absolute Gasteiger partial charge is 0.0736 e. The predicted molar refractivity (Wildman–Crippen MR) is 182 cm³/mol. The van der Waals surface area contributed by atoms with Gasteiger partial charge in [0.15, 0.2) is 0 Å². The monoisotopic (exact) mass is 562 g/mol. The zero-order valence-electron chi connectivity index (χ0n) is 23.8. The molecule has 0 atom stereocenters. The fraction of sp³-hybridized carbons (Fsp3) is 0. The first kappa shape index (κ1) is 24.6. The van der Waals surface area contributed by atoms with Gasteiger partial charge in [0.1, 0.15) is 0 Å². The molecule has 44 heavy (non-hydrogen) atoms. The predicted octanol–water partition coefficient (Wildman–Crippen LogP) is 10.0. The van der Waals surface area contributed by atoms with E-state index in [2.05, 4.69) is 154 Å². The number of hydrogen-bond acceptors (Lipinski definition) is 2. The maximum absolute atomic E-state index is 5.21. The molecule has 0 N–H and O–H groups in total. The standard InChI is InChI=1S/C40H26N4/c1-4-12-27(13-5-1)30-20-21-37-40(31-18-10-11-19-35(31)43(37)28-14-6-2-7-15-28)39(30)34-24-38-33(26-42-34)32-25-41-23-22-36(32)44(38)29-16-8-3-9-17-29/h1-26H. The van der Waals surface area contributed by atoms with E-state index in [1.54, 1.807) is 0 Å². The van der Waals surface area contributed by atoms with Crippen molar-refractivity contribution >= 4 is 43.6 Å². The van der Waals surface area contributed by atoms with Gasteiger partial charge < -0.3 is 9.13 Å². The van der Waals surface area contributed by atoms with Crippen molar-refractivity contribution in [1.82, 2.24) is 19.1 Å². The minimum absolute atomic E-state index is 0.936. The Morgan fingerprint density at radius 1 is 0.455 bits per heavy atom. The summed E-state index contributed by atoms with van der Waals surface area (Å²) in [6.45, 7) is 0. The Morgan fingerprint density at radius 3 is 1.82 bits per heavy atom. The third-order valence-electron chi connectivity index (χ3n) is 8.66. The summed E-state index contributed by atoms with van der Waals surface area (Å²) < 4.78 is 4.70. The second kappa shape index (κ2) is 9.79. The molecule has 0 saturated heterocycles. The van der Waals surface area contributed by atoms with E-state index in [1.165, 1.54) is 16.3 Å². The van der Waals surface area contributed by atoms with E-state index < -0.39 is 0 Å². The van der Waals surface area contributed by atoms with Crippen molar-refractivity contribution in [2.75, 3.05) is 0 Å². The van der Waals surface area contributed by atoms with Crippen LogP contribution in [0, 0.1) is 0 Å². The number of rotatable bonds is 4. The van der Waals surface area contributed by atoms with Gasteiger partial charge in [-0.15, -0.1) is 0 Å². The van der Waals surface area contributed by atoms with Gasteiger partial charge in [0.2, 0.25) is 0 Å². The molecule has 0 aliphatic carbocycles. The number of aromatic nitrogens is 4. The molecule has 0 aliphatic rings. The van der Waals surface area contributed by atoms with E-state index in [9.17, 15) is 0 Å². The Hall–Kier alpha value is -6.00. The van der Waals surface area contributed by atoms with E-state index >= 15 is 0 Å². The summed E-state index contributed by atoms with van der Waals surface area (Å²) >= 11 is 0. The molecule has 206 valence electrons. The van der Waals surface area contributed by atoms with Gasteiger partial charge in [-0.05, 0) is 59.7 Å². The summed E-state index contributed by atoms with van der Waals surface area (Å²) in [7, 11) is 0. The Balaban J connectivity index is 1.44. The minimum atomic E-state index is 0.936. The maximum atomic E-state index is 5.21. The largest absolute Gasteiger partial charge is 0.309 e. The van der Waals surface area contributed by atoms with Crippen molar-refractivity contribution in [3.8, 4) is 33.8 Å². The molecule has 0 saturated carbocycles. The van der Waals surface area contributed by atoms with Gasteiger partial charge in [0, 0.05) is 57.1 Å². The molecule has 0 spiro atoms. The van der Waals surface area contributed by atoms with Crippen molar-refractivity contribution in [2.24, 2.45) is 0 Å². The summed E-state index contributed by atoms with van der Waals surface area (Å²) in [5.41, 5.74) is 11.2. The van der Waals surface area contributed by atoms with Crippen molar-refractivity contribution in [2.45, 2.75) is 0 Å². The van der Waals surface area contributed by atoms with Crippen LogP contribution in [0.15, 0.2) is 158 Å². The molecule has 0 radical (unpaired) electrons. The second-order valence-electron chi connectivity index (χ2n) is 11.1. The molecule has 9 rings (SSSR count). The number of benzene rings is 5. The van der Waals surface area contributed by atoms with Crippen LogP contribution in [-0.2, 0) is 0 Å². The SMILES string of the molecule is c1ccc(-c2ccc3c(c2-c2cc4c(cn2)c2cnccc2n4-c2ccccc2)c2ccccc2n3-c2ccccc2)cc1. The molecule has 9 aromatic rings. The summed E-state index contributed by atoms with van der Waals surface area (Å²) in [6.07, 6.45) is 5.84. The summed E-state index contributed by atoms with van der Waals surface area (Å²) in [5.74, 6) is 0. The Bertz CT molecular complexity index is 2470. The number of hydrogen-bond donors (Lipinski definition) is 0. The number of para-hydroxylation sites is 3. The zero-order chi connectivity index (χ0) is 29.0. The Labute approximate surface area is 254 Å². The quantitative estimate of drug-likeness (QED) is 0.214. The van der Waals surface area contributed by atoms with Gasteiger partial charge in [-0.3, -0.25) is 9.97 Å². The normalized spacial score (nSPS) is 11.6. The van der Waals surface area contributed by atoms with Crippen LogP contribution in [0.4, 0.5) is 0 Å². The highest BCUT2D eigenvalue weighted by molar-refractivity contribution is 6.19. The van der Waals surface area contributed by atoms with E-state index in [1.807, 2.05) is 18.6 Å². The van der Waals surface area contributed by atoms with Gasteiger partial charge in [-0.25, -0.2) is 0 Å². The molecule has 0 amide bonds. The first-order chi connectivity index (χ1) is 21.9. The molecule has 5 aromatic carbocycles. The highest BCUT2D eigenvalue weighted by Gasteiger charge is 2.22. The lowest BCUT2D eigenvalue weighted by molar-refractivity contribution is 1.17. The molecule has 4 heterocycles. The molecule has 0 fully saturated rings. The third kappa shape index (κ3) is 3.64. The molecule has 0 bridgehead atoms. The van der Waals surface area contributed by atoms with Crippen molar-refractivity contribution in [3.63, 3.8) is 0 Å². The lowest BCUT2D eigenvalue weighted by Crippen LogP contribution is -1.96. The summed E-state index contributed by atoms with van der Waals surface area (Å²) in [4.78, 5) is 9.68. The van der Waals surface area contributed by atoms with Crippen LogP contribution in [0.2, 0.25) is 0 Å². The van der Waals surface area contributed by atoms with E-state index in [0.717, 1.165) is 61.1 Å². The lowest BCUT2D eigenvalue weighted by Gasteiger charge is -2.14. The minimum Gasteiger partial charge on any atom is -0.309 e. The van der Waals surface area contributed by atoms with Crippen LogP contribution in [0.3, 0.4) is 0 Å². The highest BCUT2D eigenvalue weighted by atomic mass is 15.0. The first-order valence-electron chi connectivity index (χ1n) is 14.8. The van der Waals surface area contributed by atoms with Crippen LogP contribution < -0.4 is 0 Å². The summed E-state index contributed by atoms with van der Waals surface area (Å²) in [5, 5.41) is 4.57. The first-order valence-corrected chi connectivity index (χ1v) is 14.8. The lowest BCUT2D eigenvalue weighted by atomic mass is 9.92. The van der Waals surface area contributed by atoms with Gasteiger partial charge in [0.25, 0.3) is 0 Å².